The lowest BCUT2D eigenvalue weighted by atomic mass is 10.0. The second-order valence-electron chi connectivity index (χ2n) is 6.67. The largest absolute Gasteiger partial charge is 0.495 e. The van der Waals surface area contributed by atoms with Crippen molar-refractivity contribution in [1.29, 1.82) is 0 Å². The number of anilines is 1. The van der Waals surface area contributed by atoms with Gasteiger partial charge in [0.15, 0.2) is 0 Å². The number of ether oxygens (including phenoxy) is 1. The van der Waals surface area contributed by atoms with E-state index in [-0.39, 0.29) is 17.6 Å². The van der Waals surface area contributed by atoms with E-state index in [9.17, 15) is 9.59 Å². The Morgan fingerprint density at radius 3 is 2.61 bits per heavy atom. The number of benzene rings is 2. The molecule has 2 aromatic carbocycles. The minimum Gasteiger partial charge on any atom is -0.495 e. The highest BCUT2D eigenvalue weighted by Crippen LogP contribution is 2.33. The molecular formula is C22H19ClN2O3. The Bertz CT molecular complexity index is 1040. The number of hydrogen-bond acceptors (Lipinski definition) is 3. The van der Waals surface area contributed by atoms with Gasteiger partial charge >= 0.3 is 0 Å². The van der Waals surface area contributed by atoms with Crippen LogP contribution in [-0.2, 0) is 11.3 Å². The fourth-order valence-electron chi connectivity index (χ4n) is 3.62. The number of amides is 1. The molecule has 0 radical (unpaired) electrons. The average molecular weight is 395 g/mol. The number of ketones is 1. The van der Waals surface area contributed by atoms with E-state index in [4.69, 9.17) is 16.3 Å². The maximum Gasteiger partial charge on any atom is 0.233 e. The zero-order valence-electron chi connectivity index (χ0n) is 15.3. The molecule has 0 saturated carbocycles. The number of rotatable bonds is 5. The Morgan fingerprint density at radius 1 is 1.11 bits per heavy atom. The van der Waals surface area contributed by atoms with Gasteiger partial charge in [-0.3, -0.25) is 9.59 Å². The highest BCUT2D eigenvalue weighted by molar-refractivity contribution is 6.32. The third-order valence-electron chi connectivity index (χ3n) is 5.02. The van der Waals surface area contributed by atoms with E-state index >= 15 is 0 Å². The lowest BCUT2D eigenvalue weighted by Crippen LogP contribution is -2.19. The smallest absolute Gasteiger partial charge is 0.233 e. The number of methoxy groups -OCH3 is 1. The summed E-state index contributed by atoms with van der Waals surface area (Å²) in [6.45, 7) is 0.637. The maximum atomic E-state index is 12.8. The molecule has 2 heterocycles. The Labute approximate surface area is 167 Å². The third kappa shape index (κ3) is 3.29. The van der Waals surface area contributed by atoms with E-state index in [0.29, 0.717) is 40.7 Å². The van der Waals surface area contributed by atoms with Crippen molar-refractivity contribution in [3.63, 3.8) is 0 Å². The van der Waals surface area contributed by atoms with Gasteiger partial charge in [-0.05, 0) is 36.8 Å². The number of halogens is 1. The summed E-state index contributed by atoms with van der Waals surface area (Å²) in [6, 6.07) is 18.0. The van der Waals surface area contributed by atoms with Gasteiger partial charge in [-0.15, -0.1) is 0 Å². The molecule has 1 atom stereocenters. The second-order valence-corrected chi connectivity index (χ2v) is 7.08. The topological polar surface area (TPSA) is 60.3 Å². The van der Waals surface area contributed by atoms with Crippen LogP contribution in [0.1, 0.15) is 34.1 Å². The predicted molar refractivity (Wildman–Crippen MR) is 108 cm³/mol. The van der Waals surface area contributed by atoms with Crippen LogP contribution in [0.15, 0.2) is 60.7 Å². The number of aromatic nitrogens is 1. The molecule has 1 N–H and O–H groups in total. The quantitative estimate of drug-likeness (QED) is 0.648. The molecule has 1 aliphatic rings. The highest BCUT2D eigenvalue weighted by atomic mass is 35.5. The van der Waals surface area contributed by atoms with Crippen LogP contribution in [0.3, 0.4) is 0 Å². The monoisotopic (exact) mass is 394 g/mol. The number of carbonyl (C=O) groups is 2. The molecule has 0 fully saturated rings. The molecule has 0 unspecified atom stereocenters. The molecule has 0 spiro atoms. The van der Waals surface area contributed by atoms with E-state index in [1.54, 1.807) is 43.5 Å². The fraction of sp³-hybridized carbons (Fsp3) is 0.182. The third-order valence-corrected chi connectivity index (χ3v) is 5.31. The molecule has 1 aliphatic heterocycles. The van der Waals surface area contributed by atoms with Gasteiger partial charge in [0.2, 0.25) is 11.7 Å². The molecule has 1 aromatic heterocycles. The van der Waals surface area contributed by atoms with Crippen LogP contribution in [0.25, 0.3) is 0 Å². The van der Waals surface area contributed by atoms with Crippen molar-refractivity contribution in [2.45, 2.75) is 18.9 Å². The number of fused-ring (bicyclic) bond motifs is 1. The Kier molecular flexibility index (Phi) is 4.92. The molecule has 6 heteroatoms. The van der Waals surface area contributed by atoms with Crippen LogP contribution < -0.4 is 10.1 Å². The van der Waals surface area contributed by atoms with Gasteiger partial charge in [-0.25, -0.2) is 0 Å². The van der Waals surface area contributed by atoms with E-state index in [1.807, 2.05) is 28.8 Å². The first kappa shape index (κ1) is 18.3. The normalized spacial score (nSPS) is 15.1. The SMILES string of the molecule is COc1ccc(NC(=O)[C@H]2CCn3c(C(=O)c4ccccc4)ccc32)cc1Cl. The molecule has 1 amide bonds. The fourth-order valence-corrected chi connectivity index (χ4v) is 3.88. The lowest BCUT2D eigenvalue weighted by molar-refractivity contribution is -0.117. The van der Waals surface area contributed by atoms with E-state index in [0.717, 1.165) is 5.69 Å². The first-order chi connectivity index (χ1) is 13.6. The molecule has 0 saturated heterocycles. The summed E-state index contributed by atoms with van der Waals surface area (Å²) in [4.78, 5) is 25.6. The highest BCUT2D eigenvalue weighted by Gasteiger charge is 2.32. The number of nitrogens with zero attached hydrogens (tertiary/aromatic N) is 1. The summed E-state index contributed by atoms with van der Waals surface area (Å²) in [5, 5.41) is 3.35. The van der Waals surface area contributed by atoms with Crippen LogP contribution in [0.5, 0.6) is 5.75 Å². The van der Waals surface area contributed by atoms with Crippen molar-refractivity contribution < 1.29 is 14.3 Å². The summed E-state index contributed by atoms with van der Waals surface area (Å²) < 4.78 is 7.08. The zero-order valence-corrected chi connectivity index (χ0v) is 16.1. The summed E-state index contributed by atoms with van der Waals surface area (Å²) in [7, 11) is 1.54. The van der Waals surface area contributed by atoms with Gasteiger partial charge < -0.3 is 14.6 Å². The van der Waals surface area contributed by atoms with Crippen molar-refractivity contribution in [3.8, 4) is 5.75 Å². The molecular weight excluding hydrogens is 376 g/mol. The first-order valence-electron chi connectivity index (χ1n) is 9.02. The molecule has 5 nitrogen and oxygen atoms in total. The van der Waals surface area contributed by atoms with Gasteiger partial charge in [-0.1, -0.05) is 41.9 Å². The van der Waals surface area contributed by atoms with Crippen LogP contribution in [-0.4, -0.2) is 23.4 Å². The number of nitrogens with one attached hydrogen (secondary N) is 1. The molecule has 28 heavy (non-hydrogen) atoms. The summed E-state index contributed by atoms with van der Waals surface area (Å²) >= 11 is 6.13. The number of carbonyl (C=O) groups excluding carboxylic acids is 2. The molecule has 4 rings (SSSR count). The zero-order chi connectivity index (χ0) is 19.7. The standard InChI is InChI=1S/C22H19ClN2O3/c1-28-20-10-7-15(13-17(20)23)24-22(27)16-11-12-25-18(16)8-9-19(25)21(26)14-5-3-2-4-6-14/h2-10,13,16H,11-12H2,1H3,(H,24,27)/t16-/m0/s1. The van der Waals surface area contributed by atoms with E-state index < -0.39 is 0 Å². The Hall–Kier alpha value is -3.05. The van der Waals surface area contributed by atoms with Gasteiger partial charge in [0.05, 0.1) is 23.7 Å². The summed E-state index contributed by atoms with van der Waals surface area (Å²) in [6.07, 6.45) is 0.654. The molecule has 3 aromatic rings. The van der Waals surface area contributed by atoms with Crippen LogP contribution in [0.4, 0.5) is 5.69 Å². The van der Waals surface area contributed by atoms with Crippen molar-refractivity contribution >= 4 is 29.0 Å². The Morgan fingerprint density at radius 2 is 1.89 bits per heavy atom. The second kappa shape index (κ2) is 7.52. The minimum absolute atomic E-state index is 0.0326. The molecule has 142 valence electrons. The lowest BCUT2D eigenvalue weighted by Gasteiger charge is -2.12. The van der Waals surface area contributed by atoms with E-state index in [1.165, 1.54) is 0 Å². The van der Waals surface area contributed by atoms with Crippen molar-refractivity contribution in [2.24, 2.45) is 0 Å². The van der Waals surface area contributed by atoms with E-state index in [2.05, 4.69) is 5.32 Å². The Balaban J connectivity index is 1.54. The van der Waals surface area contributed by atoms with Crippen molar-refractivity contribution in [2.75, 3.05) is 12.4 Å². The molecule has 0 bridgehead atoms. The van der Waals surface area contributed by atoms with Gasteiger partial charge in [0.1, 0.15) is 5.75 Å². The van der Waals surface area contributed by atoms with Crippen LogP contribution in [0, 0.1) is 0 Å². The minimum atomic E-state index is -0.307. The average Bonchev–Trinajstić information content (AvgIpc) is 3.30. The van der Waals surface area contributed by atoms with Gasteiger partial charge in [0, 0.05) is 23.5 Å². The predicted octanol–water partition coefficient (Wildman–Crippen LogP) is 4.51. The van der Waals surface area contributed by atoms with Crippen molar-refractivity contribution in [1.82, 2.24) is 4.57 Å². The van der Waals surface area contributed by atoms with Gasteiger partial charge in [-0.2, -0.15) is 0 Å². The summed E-state index contributed by atoms with van der Waals surface area (Å²) in [5.41, 5.74) is 2.73. The van der Waals surface area contributed by atoms with Crippen LogP contribution >= 0.6 is 11.6 Å². The summed E-state index contributed by atoms with van der Waals surface area (Å²) in [5.74, 6) is 0.100. The first-order valence-corrected chi connectivity index (χ1v) is 9.40. The van der Waals surface area contributed by atoms with Crippen LogP contribution in [0.2, 0.25) is 5.02 Å². The van der Waals surface area contributed by atoms with Crippen molar-refractivity contribution in [3.05, 3.63) is 82.6 Å². The maximum absolute atomic E-state index is 12.8. The van der Waals surface area contributed by atoms with Gasteiger partial charge in [0.25, 0.3) is 0 Å². The number of hydrogen-bond donors (Lipinski definition) is 1. The molecule has 0 aliphatic carbocycles.